The van der Waals surface area contributed by atoms with Crippen LogP contribution in [0.5, 0.6) is 0 Å². The maximum Gasteiger partial charge on any atom is 0.227 e. The molecule has 3 aromatic rings. The third kappa shape index (κ3) is 1.79. The lowest BCUT2D eigenvalue weighted by Crippen LogP contribution is -2.17. The molecule has 0 fully saturated rings. The molecular weight excluding hydrogens is 268 g/mol. The number of rotatable bonds is 1. The van der Waals surface area contributed by atoms with Crippen molar-refractivity contribution in [1.29, 1.82) is 0 Å². The van der Waals surface area contributed by atoms with E-state index in [2.05, 4.69) is 48.1 Å². The van der Waals surface area contributed by atoms with Crippen molar-refractivity contribution in [2.45, 2.75) is 19.4 Å². The highest BCUT2D eigenvalue weighted by Gasteiger charge is 2.28. The Kier molecular flexibility index (Phi) is 2.39. The molecule has 4 rings (SSSR count). The molecule has 0 N–H and O–H groups in total. The summed E-state index contributed by atoms with van der Waals surface area (Å²) in [6.07, 6.45) is 1.83. The van der Waals surface area contributed by atoms with Gasteiger partial charge >= 0.3 is 0 Å². The zero-order chi connectivity index (χ0) is 13.7. The van der Waals surface area contributed by atoms with Crippen LogP contribution in [-0.2, 0) is 4.74 Å². The Morgan fingerprint density at radius 2 is 2.10 bits per heavy atom. The normalized spacial score (nSPS) is 17.4. The van der Waals surface area contributed by atoms with Gasteiger partial charge in [0, 0.05) is 21.7 Å². The van der Waals surface area contributed by atoms with E-state index in [0.29, 0.717) is 6.61 Å². The van der Waals surface area contributed by atoms with Crippen molar-refractivity contribution in [3.05, 3.63) is 41.4 Å². The molecule has 1 aromatic carbocycles. The van der Waals surface area contributed by atoms with Crippen LogP contribution in [0.25, 0.3) is 21.0 Å². The van der Waals surface area contributed by atoms with Crippen molar-refractivity contribution < 1.29 is 4.74 Å². The highest BCUT2D eigenvalue weighted by Crippen LogP contribution is 2.33. The van der Waals surface area contributed by atoms with Crippen LogP contribution < -0.4 is 0 Å². The van der Waals surface area contributed by atoms with E-state index in [0.717, 1.165) is 16.3 Å². The van der Waals surface area contributed by atoms with Crippen LogP contribution in [0.1, 0.15) is 18.7 Å². The topological polar surface area (TPSA) is 34.5 Å². The van der Waals surface area contributed by atoms with Gasteiger partial charge in [-0.2, -0.15) is 0 Å². The number of aliphatic imine (C=N–C) groups is 1. The maximum atomic E-state index is 5.74. The van der Waals surface area contributed by atoms with Crippen molar-refractivity contribution in [3.63, 3.8) is 0 Å². The predicted molar refractivity (Wildman–Crippen MR) is 83.7 cm³/mol. The van der Waals surface area contributed by atoms with Gasteiger partial charge in [-0.15, -0.1) is 11.3 Å². The number of hydrogen-bond acceptors (Lipinski definition) is 4. The molecule has 0 saturated carbocycles. The van der Waals surface area contributed by atoms with E-state index in [-0.39, 0.29) is 5.54 Å². The Labute approximate surface area is 120 Å². The number of aromatic nitrogens is 1. The highest BCUT2D eigenvalue weighted by molar-refractivity contribution is 7.21. The largest absolute Gasteiger partial charge is 0.474 e. The van der Waals surface area contributed by atoms with Crippen molar-refractivity contribution in [1.82, 2.24) is 4.98 Å². The van der Waals surface area contributed by atoms with Crippen LogP contribution in [0.3, 0.4) is 0 Å². The summed E-state index contributed by atoms with van der Waals surface area (Å²) in [6, 6.07) is 10.5. The van der Waals surface area contributed by atoms with E-state index in [4.69, 9.17) is 4.74 Å². The number of thiophene rings is 1. The van der Waals surface area contributed by atoms with E-state index in [9.17, 15) is 0 Å². The molecule has 1 aliphatic heterocycles. The number of pyridine rings is 1. The van der Waals surface area contributed by atoms with Gasteiger partial charge in [0.05, 0.1) is 15.9 Å². The zero-order valence-corrected chi connectivity index (χ0v) is 12.2. The Hall–Kier alpha value is -1.94. The summed E-state index contributed by atoms with van der Waals surface area (Å²) in [5.74, 6) is 0.772. The van der Waals surface area contributed by atoms with Crippen molar-refractivity contribution in [2.75, 3.05) is 6.61 Å². The quantitative estimate of drug-likeness (QED) is 0.676. The first kappa shape index (κ1) is 11.9. The van der Waals surface area contributed by atoms with Crippen LogP contribution in [0.4, 0.5) is 0 Å². The second-order valence-corrected chi connectivity index (χ2v) is 6.76. The fourth-order valence-electron chi connectivity index (χ4n) is 2.49. The molecule has 20 heavy (non-hydrogen) atoms. The molecule has 0 bridgehead atoms. The highest BCUT2D eigenvalue weighted by atomic mass is 32.1. The Morgan fingerprint density at radius 3 is 2.90 bits per heavy atom. The molecule has 1 aliphatic rings. The summed E-state index contributed by atoms with van der Waals surface area (Å²) in [4.78, 5) is 10.2. The van der Waals surface area contributed by atoms with E-state index in [1.165, 1.54) is 15.5 Å². The second kappa shape index (κ2) is 4.03. The average Bonchev–Trinajstić information content (AvgIpc) is 3.01. The molecular formula is C16H14N2OS. The third-order valence-corrected chi connectivity index (χ3v) is 4.55. The zero-order valence-electron chi connectivity index (χ0n) is 11.4. The minimum atomic E-state index is -0.116. The standard InChI is InChI=1S/C16H14N2OS/c1-16(2)9-19-15(18-16)14-8-11-10-4-3-7-17-12(10)5-6-13(11)20-14/h3-8H,9H2,1-2H3. The summed E-state index contributed by atoms with van der Waals surface area (Å²) in [5.41, 5.74) is 0.911. The van der Waals surface area contributed by atoms with E-state index in [1.807, 2.05) is 12.3 Å². The van der Waals surface area contributed by atoms with Crippen molar-refractivity contribution >= 4 is 38.2 Å². The van der Waals surface area contributed by atoms with Gasteiger partial charge in [-0.3, -0.25) is 4.98 Å². The van der Waals surface area contributed by atoms with Gasteiger partial charge in [0.15, 0.2) is 0 Å². The SMILES string of the molecule is CC1(C)COC(c2cc3c(ccc4ncccc43)s2)=N1. The average molecular weight is 282 g/mol. The summed E-state index contributed by atoms with van der Waals surface area (Å²) in [6.45, 7) is 4.83. The molecule has 0 spiro atoms. The van der Waals surface area contributed by atoms with Crippen LogP contribution in [0.2, 0.25) is 0 Å². The molecule has 0 atom stereocenters. The number of fused-ring (bicyclic) bond motifs is 3. The smallest absolute Gasteiger partial charge is 0.227 e. The Balaban J connectivity index is 1.93. The summed E-state index contributed by atoms with van der Waals surface area (Å²) in [5, 5.41) is 2.41. The van der Waals surface area contributed by atoms with E-state index >= 15 is 0 Å². The van der Waals surface area contributed by atoms with Crippen LogP contribution in [-0.4, -0.2) is 23.0 Å². The molecule has 3 nitrogen and oxygen atoms in total. The molecule has 100 valence electrons. The first-order chi connectivity index (χ1) is 9.62. The van der Waals surface area contributed by atoms with Crippen molar-refractivity contribution in [3.8, 4) is 0 Å². The fraction of sp³-hybridized carbons (Fsp3) is 0.250. The number of ether oxygens (including phenoxy) is 1. The molecule has 0 radical (unpaired) electrons. The number of nitrogens with zero attached hydrogens (tertiary/aromatic N) is 2. The van der Waals surface area contributed by atoms with Gasteiger partial charge in [-0.25, -0.2) is 4.99 Å². The summed E-state index contributed by atoms with van der Waals surface area (Å²) in [7, 11) is 0. The fourth-order valence-corrected chi connectivity index (χ4v) is 3.51. The Morgan fingerprint density at radius 1 is 1.20 bits per heavy atom. The predicted octanol–water partition coefficient (Wildman–Crippen LogP) is 4.00. The molecule has 2 aromatic heterocycles. The first-order valence-electron chi connectivity index (χ1n) is 6.63. The number of benzene rings is 1. The van der Waals surface area contributed by atoms with Gasteiger partial charge in [0.2, 0.25) is 5.90 Å². The second-order valence-electron chi connectivity index (χ2n) is 5.68. The maximum absolute atomic E-state index is 5.74. The summed E-state index contributed by atoms with van der Waals surface area (Å²) >= 11 is 1.73. The molecule has 3 heterocycles. The minimum absolute atomic E-state index is 0.116. The van der Waals surface area contributed by atoms with Gasteiger partial charge in [0.25, 0.3) is 0 Å². The Bertz CT molecular complexity index is 848. The molecule has 0 amide bonds. The molecule has 0 saturated heterocycles. The molecule has 4 heteroatoms. The van der Waals surface area contributed by atoms with Crippen LogP contribution in [0.15, 0.2) is 41.5 Å². The minimum Gasteiger partial charge on any atom is -0.474 e. The lowest BCUT2D eigenvalue weighted by molar-refractivity contribution is 0.280. The van der Waals surface area contributed by atoms with Crippen molar-refractivity contribution in [2.24, 2.45) is 4.99 Å². The number of hydrogen-bond donors (Lipinski definition) is 0. The third-order valence-electron chi connectivity index (χ3n) is 3.46. The monoisotopic (exact) mass is 282 g/mol. The van der Waals surface area contributed by atoms with Crippen LogP contribution >= 0.6 is 11.3 Å². The van der Waals surface area contributed by atoms with E-state index < -0.39 is 0 Å². The van der Waals surface area contributed by atoms with E-state index in [1.54, 1.807) is 11.3 Å². The lowest BCUT2D eigenvalue weighted by atomic mass is 10.1. The van der Waals surface area contributed by atoms with Gasteiger partial charge in [0.1, 0.15) is 6.61 Å². The van der Waals surface area contributed by atoms with Gasteiger partial charge in [-0.05, 0) is 38.1 Å². The molecule has 0 unspecified atom stereocenters. The first-order valence-corrected chi connectivity index (χ1v) is 7.44. The lowest BCUT2D eigenvalue weighted by Gasteiger charge is -2.07. The van der Waals surface area contributed by atoms with Gasteiger partial charge in [-0.1, -0.05) is 6.07 Å². The van der Waals surface area contributed by atoms with Crippen LogP contribution in [0, 0.1) is 0 Å². The summed E-state index contributed by atoms with van der Waals surface area (Å²) < 4.78 is 6.99. The van der Waals surface area contributed by atoms with Gasteiger partial charge < -0.3 is 4.74 Å². The molecule has 0 aliphatic carbocycles.